The molecule has 1 fully saturated rings. The van der Waals surface area contributed by atoms with Crippen molar-refractivity contribution in [2.24, 2.45) is 0 Å². The van der Waals surface area contributed by atoms with Crippen molar-refractivity contribution in [3.63, 3.8) is 0 Å². The number of aryl methyl sites for hydroxylation is 3. The Hall–Kier alpha value is -4.79. The van der Waals surface area contributed by atoms with Crippen molar-refractivity contribution in [3.05, 3.63) is 99.7 Å². The van der Waals surface area contributed by atoms with Gasteiger partial charge >= 0.3 is 0 Å². The van der Waals surface area contributed by atoms with E-state index in [0.29, 0.717) is 48.2 Å². The number of carbonyl (C=O) groups excluding carboxylic acids is 2. The van der Waals surface area contributed by atoms with Crippen molar-refractivity contribution >= 4 is 32.7 Å². The molecule has 0 bridgehead atoms. The largest absolute Gasteiger partial charge is 0.487 e. The van der Waals surface area contributed by atoms with Crippen LogP contribution in [-0.4, -0.2) is 55.2 Å². The highest BCUT2D eigenvalue weighted by Gasteiger charge is 2.40. The van der Waals surface area contributed by atoms with Crippen LogP contribution in [0, 0.1) is 39.0 Å². The third kappa shape index (κ3) is 7.29. The predicted molar refractivity (Wildman–Crippen MR) is 179 cm³/mol. The summed E-state index contributed by atoms with van der Waals surface area (Å²) in [5.41, 5.74) is 5.95. The molecule has 5 rings (SSSR count). The topological polar surface area (TPSA) is 141 Å². The first-order valence-electron chi connectivity index (χ1n) is 15.7. The highest BCUT2D eigenvalue weighted by molar-refractivity contribution is 7.89. The van der Waals surface area contributed by atoms with Crippen LogP contribution in [0.1, 0.15) is 63.1 Å². The zero-order valence-electron chi connectivity index (χ0n) is 27.1. The SMILES string of the molecule is Cc1cc(C)c2cccc(OCc3c(C)ccc(S(=O)(=O)N4CCC[C@H]4C(=O)NCCCNC(=O)c4ccc(C#N)cc4)c3C)c2n1. The van der Waals surface area contributed by atoms with E-state index in [1.807, 2.05) is 51.1 Å². The van der Waals surface area contributed by atoms with Crippen molar-refractivity contribution in [1.29, 1.82) is 5.26 Å². The molecule has 244 valence electrons. The summed E-state index contributed by atoms with van der Waals surface area (Å²) < 4.78 is 35.6. The van der Waals surface area contributed by atoms with Gasteiger partial charge in [-0.3, -0.25) is 9.59 Å². The molecule has 11 heteroatoms. The molecule has 1 aromatic heterocycles. The molecule has 1 atom stereocenters. The molecular formula is C36H39N5O5S. The number of nitriles is 1. The predicted octanol–water partition coefficient (Wildman–Crippen LogP) is 5.01. The Kier molecular flexibility index (Phi) is 10.2. The van der Waals surface area contributed by atoms with E-state index < -0.39 is 16.1 Å². The normalized spacial score (nSPS) is 14.9. The average Bonchev–Trinajstić information content (AvgIpc) is 3.56. The van der Waals surface area contributed by atoms with Crippen LogP contribution < -0.4 is 15.4 Å². The smallest absolute Gasteiger partial charge is 0.251 e. The van der Waals surface area contributed by atoms with E-state index in [9.17, 15) is 18.0 Å². The third-order valence-corrected chi connectivity index (χ3v) is 10.7. The second kappa shape index (κ2) is 14.3. The lowest BCUT2D eigenvalue weighted by Gasteiger charge is -2.25. The quantitative estimate of drug-likeness (QED) is 0.217. The van der Waals surface area contributed by atoms with Gasteiger partial charge in [-0.25, -0.2) is 13.4 Å². The number of para-hydroxylation sites is 1. The maximum absolute atomic E-state index is 14.0. The second-order valence-corrected chi connectivity index (χ2v) is 13.7. The number of amides is 2. The van der Waals surface area contributed by atoms with Gasteiger partial charge in [0.2, 0.25) is 15.9 Å². The summed E-state index contributed by atoms with van der Waals surface area (Å²) in [5, 5.41) is 15.6. The number of nitrogens with one attached hydrogen (secondary N) is 2. The highest BCUT2D eigenvalue weighted by Crippen LogP contribution is 2.32. The number of ether oxygens (including phenoxy) is 1. The molecule has 0 spiro atoms. The van der Waals surface area contributed by atoms with Gasteiger partial charge in [-0.1, -0.05) is 18.2 Å². The number of aromatic nitrogens is 1. The lowest BCUT2D eigenvalue weighted by atomic mass is 10.0. The standard InChI is InChI=1S/C36H39N5O5S/c1-23-11-16-33(26(4)30(23)22-46-32-10-5-8-29-24(2)20-25(3)40-34(29)32)47(44,45)41-19-6-9-31(41)36(43)39-18-7-17-38-35(42)28-14-12-27(21-37)13-15-28/h5,8,10-16,20,31H,6-7,9,17-19,22H2,1-4H3,(H,38,42)(H,39,43)/t31-/m0/s1. The van der Waals surface area contributed by atoms with Crippen LogP contribution in [-0.2, 0) is 21.4 Å². The molecule has 2 amide bonds. The molecule has 0 aliphatic carbocycles. The van der Waals surface area contributed by atoms with Crippen LogP contribution >= 0.6 is 0 Å². The molecule has 1 aliphatic rings. The molecule has 3 aromatic carbocycles. The number of rotatable bonds is 11. The van der Waals surface area contributed by atoms with Crippen LogP contribution in [0.4, 0.5) is 0 Å². The molecule has 10 nitrogen and oxygen atoms in total. The van der Waals surface area contributed by atoms with Crippen molar-refractivity contribution in [2.75, 3.05) is 19.6 Å². The van der Waals surface area contributed by atoms with Gasteiger partial charge < -0.3 is 15.4 Å². The maximum Gasteiger partial charge on any atom is 0.251 e. The summed E-state index contributed by atoms with van der Waals surface area (Å²) in [5.74, 6) is 0.00409. The van der Waals surface area contributed by atoms with E-state index in [0.717, 1.165) is 33.3 Å². The Balaban J connectivity index is 1.22. The highest BCUT2D eigenvalue weighted by atomic mass is 32.2. The van der Waals surface area contributed by atoms with E-state index >= 15 is 0 Å². The monoisotopic (exact) mass is 653 g/mol. The first kappa shape index (κ1) is 33.6. The van der Waals surface area contributed by atoms with Crippen molar-refractivity contribution in [2.45, 2.75) is 64.5 Å². The number of nitrogens with zero attached hydrogens (tertiary/aromatic N) is 3. The van der Waals surface area contributed by atoms with Crippen LogP contribution in [0.25, 0.3) is 10.9 Å². The second-order valence-electron chi connectivity index (χ2n) is 11.9. The lowest BCUT2D eigenvalue weighted by Crippen LogP contribution is -2.46. The van der Waals surface area contributed by atoms with E-state index in [1.54, 1.807) is 43.3 Å². The van der Waals surface area contributed by atoms with Crippen LogP contribution in [0.3, 0.4) is 0 Å². The summed E-state index contributed by atoms with van der Waals surface area (Å²) in [7, 11) is -3.99. The van der Waals surface area contributed by atoms with Crippen LogP contribution in [0.5, 0.6) is 5.75 Å². The molecule has 0 saturated carbocycles. The van der Waals surface area contributed by atoms with Gasteiger partial charge in [-0.15, -0.1) is 0 Å². The minimum absolute atomic E-state index is 0.162. The van der Waals surface area contributed by atoms with Gasteiger partial charge in [-0.2, -0.15) is 9.57 Å². The van der Waals surface area contributed by atoms with Crippen LogP contribution in [0.15, 0.2) is 65.6 Å². The Morgan fingerprint density at radius 1 is 1.00 bits per heavy atom. The molecule has 2 N–H and O–H groups in total. The molecule has 1 saturated heterocycles. The van der Waals surface area contributed by atoms with E-state index in [2.05, 4.69) is 10.6 Å². The Morgan fingerprint density at radius 2 is 1.74 bits per heavy atom. The molecule has 0 radical (unpaired) electrons. The van der Waals surface area contributed by atoms with Gasteiger partial charge in [0.05, 0.1) is 16.5 Å². The summed E-state index contributed by atoms with van der Waals surface area (Å²) in [4.78, 5) is 30.4. The number of benzene rings is 3. The van der Waals surface area contributed by atoms with Gasteiger partial charge in [0.1, 0.15) is 23.9 Å². The van der Waals surface area contributed by atoms with Gasteiger partial charge in [-0.05, 0) is 112 Å². The van der Waals surface area contributed by atoms with Crippen molar-refractivity contribution < 1.29 is 22.7 Å². The van der Waals surface area contributed by atoms with Gasteiger partial charge in [0.15, 0.2) is 0 Å². The molecule has 4 aromatic rings. The average molecular weight is 654 g/mol. The summed E-state index contributed by atoms with van der Waals surface area (Å²) >= 11 is 0. The lowest BCUT2D eigenvalue weighted by molar-refractivity contribution is -0.124. The zero-order valence-corrected chi connectivity index (χ0v) is 27.9. The number of hydrogen-bond donors (Lipinski definition) is 2. The molecule has 1 aliphatic heterocycles. The third-order valence-electron chi connectivity index (χ3n) is 8.60. The Bertz CT molecular complexity index is 1970. The minimum Gasteiger partial charge on any atom is -0.487 e. The molecule has 47 heavy (non-hydrogen) atoms. The summed E-state index contributed by atoms with van der Waals surface area (Å²) in [6.45, 7) is 8.72. The van der Waals surface area contributed by atoms with Gasteiger partial charge in [0.25, 0.3) is 5.91 Å². The summed E-state index contributed by atoms with van der Waals surface area (Å²) in [6, 6.07) is 18.7. The molecule has 0 unspecified atom stereocenters. The van der Waals surface area contributed by atoms with E-state index in [-0.39, 0.29) is 36.4 Å². The Labute approximate surface area is 275 Å². The maximum atomic E-state index is 14.0. The fourth-order valence-electron chi connectivity index (χ4n) is 6.03. The number of fused-ring (bicyclic) bond motifs is 1. The van der Waals surface area contributed by atoms with Gasteiger partial charge in [0, 0.05) is 36.3 Å². The number of sulfonamides is 1. The minimum atomic E-state index is -3.99. The number of pyridine rings is 1. The number of carbonyl (C=O) groups is 2. The zero-order chi connectivity index (χ0) is 33.7. The number of hydrogen-bond acceptors (Lipinski definition) is 7. The van der Waals surface area contributed by atoms with Crippen molar-refractivity contribution in [3.8, 4) is 11.8 Å². The van der Waals surface area contributed by atoms with Crippen molar-refractivity contribution in [1.82, 2.24) is 19.9 Å². The van der Waals surface area contributed by atoms with Crippen LogP contribution in [0.2, 0.25) is 0 Å². The molecule has 2 heterocycles. The first-order valence-corrected chi connectivity index (χ1v) is 17.1. The first-order chi connectivity index (χ1) is 22.5. The fourth-order valence-corrected chi connectivity index (χ4v) is 7.94. The molecular weight excluding hydrogens is 614 g/mol. The Morgan fingerprint density at radius 3 is 2.49 bits per heavy atom. The summed E-state index contributed by atoms with van der Waals surface area (Å²) in [6.07, 6.45) is 1.47. The van der Waals surface area contributed by atoms with E-state index in [4.69, 9.17) is 15.0 Å². The fraction of sp³-hybridized carbons (Fsp3) is 0.333. The van der Waals surface area contributed by atoms with E-state index in [1.165, 1.54) is 4.31 Å².